The molecule has 0 amide bonds. The van der Waals surface area contributed by atoms with Crippen molar-refractivity contribution in [3.63, 3.8) is 0 Å². The summed E-state index contributed by atoms with van der Waals surface area (Å²) >= 11 is 0. The van der Waals surface area contributed by atoms with E-state index in [2.05, 4.69) is 20.4 Å². The van der Waals surface area contributed by atoms with Crippen LogP contribution >= 0.6 is 0 Å². The van der Waals surface area contributed by atoms with E-state index >= 15 is 0 Å². The van der Waals surface area contributed by atoms with Gasteiger partial charge in [-0.15, -0.1) is 0 Å². The van der Waals surface area contributed by atoms with Crippen LogP contribution in [0.15, 0.2) is 12.3 Å². The van der Waals surface area contributed by atoms with E-state index < -0.39 is 6.10 Å². The van der Waals surface area contributed by atoms with Crippen LogP contribution in [0, 0.1) is 40.4 Å². The van der Waals surface area contributed by atoms with Gasteiger partial charge in [-0.05, 0) is 85.9 Å². The molecule has 0 spiro atoms. The zero-order valence-electron chi connectivity index (χ0n) is 15.2. The van der Waals surface area contributed by atoms with Crippen LogP contribution in [0.2, 0.25) is 0 Å². The normalized spacial score (nSPS) is 56.9. The predicted octanol–water partition coefficient (Wildman–Crippen LogP) is 4.05. The topological polar surface area (TPSA) is 60.7 Å². The van der Waals surface area contributed by atoms with Crippen LogP contribution in [0.4, 0.5) is 0 Å². The molecule has 24 heavy (non-hydrogen) atoms. The highest BCUT2D eigenvalue weighted by Crippen LogP contribution is 2.67. The maximum atomic E-state index is 10.6. The van der Waals surface area contributed by atoms with Gasteiger partial charge < -0.3 is 15.3 Å². The second kappa shape index (κ2) is 5.48. The Labute approximate surface area is 146 Å². The summed E-state index contributed by atoms with van der Waals surface area (Å²) < 4.78 is 0. The molecular formula is C21H34O3. The van der Waals surface area contributed by atoms with E-state index in [0.29, 0.717) is 23.2 Å². The molecule has 0 aromatic carbocycles. The quantitative estimate of drug-likeness (QED) is 0.634. The van der Waals surface area contributed by atoms with Crippen LogP contribution in [0.5, 0.6) is 0 Å². The molecule has 4 rings (SSSR count). The van der Waals surface area contributed by atoms with Crippen LogP contribution in [-0.2, 0) is 0 Å². The predicted molar refractivity (Wildman–Crippen MR) is 94.4 cm³/mol. The van der Waals surface area contributed by atoms with Gasteiger partial charge in [0.2, 0.25) is 0 Å². The van der Waals surface area contributed by atoms with Crippen LogP contribution in [0.25, 0.3) is 0 Å². The monoisotopic (exact) mass is 334 g/mol. The largest absolute Gasteiger partial charge is 0.513 e. The Bertz CT molecular complexity index is 531. The molecule has 3 heteroatoms. The Hall–Kier alpha value is -0.540. The van der Waals surface area contributed by atoms with E-state index in [9.17, 15) is 15.3 Å². The molecule has 0 bridgehead atoms. The van der Waals surface area contributed by atoms with Gasteiger partial charge in [0.15, 0.2) is 0 Å². The maximum absolute atomic E-state index is 10.6. The minimum atomic E-state index is -0.435. The van der Waals surface area contributed by atoms with Gasteiger partial charge in [0.05, 0.1) is 18.0 Å². The maximum Gasteiger partial charge on any atom is 0.0913 e. The van der Waals surface area contributed by atoms with Gasteiger partial charge in [-0.2, -0.15) is 0 Å². The molecule has 0 heterocycles. The molecule has 4 saturated carbocycles. The van der Waals surface area contributed by atoms with Crippen molar-refractivity contribution < 1.29 is 15.3 Å². The van der Waals surface area contributed by atoms with Gasteiger partial charge in [-0.25, -0.2) is 0 Å². The Morgan fingerprint density at radius 2 is 1.62 bits per heavy atom. The molecule has 0 saturated heterocycles. The number of aliphatic hydroxyl groups is 3. The van der Waals surface area contributed by atoms with Gasteiger partial charge in [0.25, 0.3) is 0 Å². The second-order valence-electron chi connectivity index (χ2n) is 9.90. The summed E-state index contributed by atoms with van der Waals surface area (Å²) in [5.74, 6) is 2.60. The van der Waals surface area contributed by atoms with Crippen LogP contribution in [0.1, 0.15) is 65.2 Å². The molecule has 4 aliphatic rings. The van der Waals surface area contributed by atoms with Gasteiger partial charge in [0, 0.05) is 5.92 Å². The Morgan fingerprint density at radius 3 is 2.33 bits per heavy atom. The van der Waals surface area contributed by atoms with Gasteiger partial charge in [-0.1, -0.05) is 20.4 Å². The van der Waals surface area contributed by atoms with Gasteiger partial charge in [0.1, 0.15) is 0 Å². The average molecular weight is 335 g/mol. The third kappa shape index (κ3) is 2.16. The molecule has 0 aliphatic heterocycles. The summed E-state index contributed by atoms with van der Waals surface area (Å²) in [7, 11) is 0. The number of hydrogen-bond donors (Lipinski definition) is 3. The molecule has 4 fully saturated rings. The van der Waals surface area contributed by atoms with Crippen LogP contribution < -0.4 is 0 Å². The van der Waals surface area contributed by atoms with Gasteiger partial charge >= 0.3 is 0 Å². The highest BCUT2D eigenvalue weighted by atomic mass is 16.3. The van der Waals surface area contributed by atoms with E-state index in [1.807, 2.05) is 0 Å². The summed E-state index contributed by atoms with van der Waals surface area (Å²) in [6.07, 6.45) is 8.14. The lowest BCUT2D eigenvalue weighted by Gasteiger charge is -2.60. The summed E-state index contributed by atoms with van der Waals surface area (Å²) in [4.78, 5) is 0. The first-order chi connectivity index (χ1) is 11.3. The van der Waals surface area contributed by atoms with Crippen LogP contribution in [0.3, 0.4) is 0 Å². The minimum Gasteiger partial charge on any atom is -0.513 e. The Balaban J connectivity index is 1.64. The molecule has 3 nitrogen and oxygen atoms in total. The third-order valence-corrected chi connectivity index (χ3v) is 9.03. The molecule has 0 aromatic rings. The number of rotatable bonds is 1. The summed E-state index contributed by atoms with van der Waals surface area (Å²) in [6, 6.07) is 0. The molecule has 4 aliphatic carbocycles. The minimum absolute atomic E-state index is 0.00376. The number of fused-ring (bicyclic) bond motifs is 5. The van der Waals surface area contributed by atoms with Crippen molar-refractivity contribution in [3.05, 3.63) is 12.3 Å². The Morgan fingerprint density at radius 1 is 0.917 bits per heavy atom. The lowest BCUT2D eigenvalue weighted by molar-refractivity contribution is -0.126. The van der Waals surface area contributed by atoms with E-state index in [-0.39, 0.29) is 23.2 Å². The van der Waals surface area contributed by atoms with Crippen molar-refractivity contribution in [1.82, 2.24) is 0 Å². The summed E-state index contributed by atoms with van der Waals surface area (Å²) in [5, 5.41) is 30.8. The first-order valence-electron chi connectivity index (χ1n) is 10.0. The first-order valence-corrected chi connectivity index (χ1v) is 10.0. The zero-order valence-corrected chi connectivity index (χ0v) is 15.2. The van der Waals surface area contributed by atoms with E-state index in [1.54, 1.807) is 0 Å². The summed E-state index contributed by atoms with van der Waals surface area (Å²) in [5.41, 5.74) is 0.368. The lowest BCUT2D eigenvalue weighted by Crippen LogP contribution is -2.54. The molecule has 3 unspecified atom stereocenters. The van der Waals surface area contributed by atoms with Crippen molar-refractivity contribution in [1.29, 1.82) is 0 Å². The molecule has 136 valence electrons. The third-order valence-electron chi connectivity index (χ3n) is 9.03. The summed E-state index contributed by atoms with van der Waals surface area (Å²) in [6.45, 7) is 8.55. The van der Waals surface area contributed by atoms with Crippen molar-refractivity contribution in [2.45, 2.75) is 77.4 Å². The molecule has 9 atom stereocenters. The lowest BCUT2D eigenvalue weighted by atomic mass is 9.44. The second-order valence-corrected chi connectivity index (χ2v) is 9.90. The van der Waals surface area contributed by atoms with Crippen molar-refractivity contribution in [2.24, 2.45) is 40.4 Å². The fraction of sp³-hybridized carbons (Fsp3) is 0.905. The fourth-order valence-electron chi connectivity index (χ4n) is 7.85. The van der Waals surface area contributed by atoms with Crippen LogP contribution in [-0.4, -0.2) is 27.5 Å². The molecule has 0 aromatic heterocycles. The molecule has 0 radical (unpaired) electrons. The Kier molecular flexibility index (Phi) is 3.86. The van der Waals surface area contributed by atoms with E-state index in [0.717, 1.165) is 38.0 Å². The fourth-order valence-corrected chi connectivity index (χ4v) is 7.85. The van der Waals surface area contributed by atoms with Crippen molar-refractivity contribution in [3.8, 4) is 0 Å². The zero-order chi connectivity index (χ0) is 17.3. The highest BCUT2D eigenvalue weighted by molar-refractivity contribution is 5.15. The highest BCUT2D eigenvalue weighted by Gasteiger charge is 2.62. The average Bonchev–Trinajstić information content (AvgIpc) is 2.78. The number of hydrogen-bond acceptors (Lipinski definition) is 3. The molecular weight excluding hydrogens is 300 g/mol. The number of aliphatic hydroxyl groups excluding tert-OH is 3. The van der Waals surface area contributed by atoms with E-state index in [1.165, 1.54) is 19.3 Å². The smallest absolute Gasteiger partial charge is 0.0913 e. The van der Waals surface area contributed by atoms with E-state index in [4.69, 9.17) is 0 Å². The SMILES string of the molecule is C=C(O)[C@H]1C(O)C[C@H]2[C@@H]3CCC4CC(O)CC[C@]4(C)[C@H]3CC[C@]12C. The van der Waals surface area contributed by atoms with Crippen molar-refractivity contribution >= 4 is 0 Å². The first kappa shape index (κ1) is 16.9. The van der Waals surface area contributed by atoms with Crippen molar-refractivity contribution in [2.75, 3.05) is 0 Å². The standard InChI is InChI=1S/C21H34O3/c1-12(22)19-18(24)11-17-15-5-4-13-10-14(23)6-8-20(13,2)16(15)7-9-21(17,19)3/h13-19,22-24H,1,4-11H2,2-3H3/t13?,14?,15-,16+,17+,18?,19+,20+,21+/m1/s1. The molecule has 3 N–H and O–H groups in total. The van der Waals surface area contributed by atoms with Gasteiger partial charge in [-0.3, -0.25) is 0 Å².